The van der Waals surface area contributed by atoms with Gasteiger partial charge in [0.05, 0.1) is 0 Å². The summed E-state index contributed by atoms with van der Waals surface area (Å²) in [5.74, 6) is -0.444. The molecular weight excluding hydrogens is 439 g/mol. The Morgan fingerprint density at radius 3 is 2.30 bits per heavy atom. The molecule has 23 heavy (non-hydrogen) atoms. The van der Waals surface area contributed by atoms with Crippen LogP contribution in [0.3, 0.4) is 0 Å². The third-order valence-electron chi connectivity index (χ3n) is 3.68. The predicted molar refractivity (Wildman–Crippen MR) is 98.7 cm³/mol. The summed E-state index contributed by atoms with van der Waals surface area (Å²) >= 11 is 4.03. The van der Waals surface area contributed by atoms with E-state index in [4.69, 9.17) is 17.3 Å². The molecule has 124 valence electrons. The summed E-state index contributed by atoms with van der Waals surface area (Å²) in [5.41, 5.74) is 8.02. The first-order valence-electron chi connectivity index (χ1n) is 7.50. The molecule has 6 heteroatoms. The van der Waals surface area contributed by atoms with Crippen LogP contribution in [0, 0.1) is 0 Å². The van der Waals surface area contributed by atoms with Crippen molar-refractivity contribution in [3.05, 3.63) is 51.4 Å². The Balaban J connectivity index is 0.000000167. The summed E-state index contributed by atoms with van der Waals surface area (Å²) in [6.45, 7) is 0. The third-order valence-corrected chi connectivity index (χ3v) is 12.0. The Labute approximate surface area is 150 Å². The monoisotopic (exact) mass is 459 g/mol. The Morgan fingerprint density at radius 2 is 1.78 bits per heavy atom. The summed E-state index contributed by atoms with van der Waals surface area (Å²) in [4.78, 5) is 14.7. The van der Waals surface area contributed by atoms with Crippen LogP contribution < -0.4 is 8.56 Å². The van der Waals surface area contributed by atoms with Crippen molar-refractivity contribution in [3.8, 4) is 0 Å². The number of carbonyl (C=O) groups is 1. The van der Waals surface area contributed by atoms with E-state index in [1.54, 1.807) is 21.9 Å². The molecule has 0 unspecified atom stereocenters. The number of nitrogens with two attached hydrogens (primary N) is 1. The minimum absolute atomic E-state index is 0.444. The number of primary amides is 1. The molecule has 0 atom stereocenters. The molecule has 3 nitrogen and oxygen atoms in total. The van der Waals surface area contributed by atoms with Gasteiger partial charge in [0.15, 0.2) is 0 Å². The predicted octanol–water partition coefficient (Wildman–Crippen LogP) is 3.91. The van der Waals surface area contributed by atoms with Crippen molar-refractivity contribution in [2.24, 2.45) is 5.73 Å². The number of rotatable bonds is 2. The van der Waals surface area contributed by atoms with Crippen LogP contribution in [0.15, 0.2) is 30.3 Å². The number of carbonyl (C=O) groups excluding carboxylic acids is 1. The molecule has 1 aliphatic carbocycles. The Bertz CT molecular complexity index is 751. The molecule has 0 bridgehead atoms. The van der Waals surface area contributed by atoms with Crippen molar-refractivity contribution in [1.82, 2.24) is 0 Å². The van der Waals surface area contributed by atoms with E-state index < -0.39 is 24.7 Å². The van der Waals surface area contributed by atoms with Gasteiger partial charge in [-0.3, -0.25) is 0 Å². The summed E-state index contributed by atoms with van der Waals surface area (Å²) in [5, 5.41) is 0.880. The Kier molecular flexibility index (Phi) is 6.41. The fourth-order valence-corrected chi connectivity index (χ4v) is 7.43. The van der Waals surface area contributed by atoms with Crippen LogP contribution in [0.4, 0.5) is 0 Å². The summed E-state index contributed by atoms with van der Waals surface area (Å²) < 4.78 is 12.4. The van der Waals surface area contributed by atoms with Crippen LogP contribution in [-0.4, -0.2) is 24.7 Å². The first-order valence-corrected chi connectivity index (χ1v) is 16.1. The van der Waals surface area contributed by atoms with Gasteiger partial charge < -0.3 is 0 Å². The van der Waals surface area contributed by atoms with E-state index in [-0.39, 0.29) is 0 Å². The van der Waals surface area contributed by atoms with E-state index in [1.807, 2.05) is 6.07 Å². The second kappa shape index (κ2) is 7.91. The number of hydrogen-bond acceptors (Lipinski definition) is 3. The molecule has 0 aliphatic heterocycles. The molecule has 0 saturated carbocycles. The molecule has 0 radical (unpaired) electrons. The standard InChI is InChI=1S/C10H11Cl.C5H4NOS.2CH3.O.Sb/c11-10-6-5-8-3-1-2-4-9(8)7-10;6-5(7)4-2-1-3-8-4;;;;/h5-7H,1-4H2;1-2H,(H2,6,7);2*1H3;;. The van der Waals surface area contributed by atoms with Crippen molar-refractivity contribution in [3.63, 3.8) is 0 Å². The van der Waals surface area contributed by atoms with Crippen LogP contribution >= 0.6 is 22.9 Å². The number of fused-ring (bicyclic) bond motifs is 1. The average molecular weight is 461 g/mol. The summed E-state index contributed by atoms with van der Waals surface area (Å²) in [7, 11) is 0. The summed E-state index contributed by atoms with van der Waals surface area (Å²) in [6, 6.07) is 9.64. The molecular formula is C17H21ClNO2SSb. The fourth-order valence-electron chi connectivity index (χ4n) is 2.45. The van der Waals surface area contributed by atoms with E-state index >= 15 is 0 Å². The molecule has 1 aromatic heterocycles. The average Bonchev–Trinajstić information content (AvgIpc) is 2.98. The van der Waals surface area contributed by atoms with Gasteiger partial charge in [0.1, 0.15) is 0 Å². The van der Waals surface area contributed by atoms with Gasteiger partial charge in [-0.05, 0) is 48.9 Å². The van der Waals surface area contributed by atoms with Crippen molar-refractivity contribution in [1.29, 1.82) is 0 Å². The van der Waals surface area contributed by atoms with Crippen LogP contribution in [-0.2, 0) is 15.9 Å². The van der Waals surface area contributed by atoms with E-state index in [0.29, 0.717) is 4.88 Å². The van der Waals surface area contributed by atoms with Crippen molar-refractivity contribution < 1.29 is 7.81 Å². The number of aryl methyl sites for hydroxylation is 2. The molecule has 2 N–H and O–H groups in total. The Hall–Kier alpha value is -0.702. The molecule has 1 aliphatic rings. The molecule has 0 spiro atoms. The van der Waals surface area contributed by atoms with Gasteiger partial charge in [0.2, 0.25) is 0 Å². The number of halogens is 1. The maximum absolute atomic E-state index is 11.6. The quantitative estimate of drug-likeness (QED) is 0.691. The van der Waals surface area contributed by atoms with E-state index in [0.717, 1.165) is 7.85 Å². The van der Waals surface area contributed by atoms with Crippen LogP contribution in [0.2, 0.25) is 14.8 Å². The van der Waals surface area contributed by atoms with E-state index in [9.17, 15) is 7.81 Å². The van der Waals surface area contributed by atoms with E-state index in [2.05, 4.69) is 12.1 Å². The van der Waals surface area contributed by atoms with Gasteiger partial charge in [-0.2, -0.15) is 0 Å². The van der Waals surface area contributed by atoms with Gasteiger partial charge in [-0.1, -0.05) is 17.7 Å². The van der Waals surface area contributed by atoms with Crippen molar-refractivity contribution in [2.45, 2.75) is 35.4 Å². The SMILES string of the molecule is Clc1ccc2c(c1)CCCC2.[CH3][Sb]([CH3])(=[O])[c]1ccc(C(N)=O)s1. The number of benzene rings is 1. The number of thiophene rings is 1. The van der Waals surface area contributed by atoms with Crippen LogP contribution in [0.5, 0.6) is 0 Å². The van der Waals surface area contributed by atoms with Crippen molar-refractivity contribution in [2.75, 3.05) is 0 Å². The topological polar surface area (TPSA) is 60.2 Å². The maximum atomic E-state index is 11.6. The van der Waals surface area contributed by atoms with E-state index in [1.165, 1.54) is 48.1 Å². The van der Waals surface area contributed by atoms with Crippen LogP contribution in [0.1, 0.15) is 33.6 Å². The van der Waals surface area contributed by atoms with Crippen LogP contribution in [0.25, 0.3) is 0 Å². The zero-order valence-corrected chi connectivity index (χ0v) is 17.5. The zero-order chi connectivity index (χ0) is 17.0. The molecule has 3 rings (SSSR count). The minimum atomic E-state index is -3.09. The molecule has 0 saturated heterocycles. The third kappa shape index (κ3) is 5.41. The first kappa shape index (κ1) is 18.6. The molecule has 1 amide bonds. The second-order valence-electron chi connectivity index (χ2n) is 5.97. The van der Waals surface area contributed by atoms with Gasteiger partial charge in [0, 0.05) is 5.02 Å². The number of amides is 1. The zero-order valence-electron chi connectivity index (χ0n) is 13.3. The van der Waals surface area contributed by atoms with Crippen molar-refractivity contribution >= 4 is 50.5 Å². The molecule has 0 fully saturated rings. The van der Waals surface area contributed by atoms with Gasteiger partial charge in [0.25, 0.3) is 0 Å². The Morgan fingerprint density at radius 1 is 1.13 bits per heavy atom. The second-order valence-corrected chi connectivity index (χ2v) is 17.5. The molecule has 2 aromatic rings. The summed E-state index contributed by atoms with van der Waals surface area (Å²) in [6.07, 6.45) is 5.13. The van der Waals surface area contributed by atoms with Gasteiger partial charge >= 0.3 is 79.2 Å². The normalized spacial score (nSPS) is 13.7. The molecule has 1 heterocycles. The van der Waals surface area contributed by atoms with Gasteiger partial charge in [-0.15, -0.1) is 0 Å². The van der Waals surface area contributed by atoms with Gasteiger partial charge in [-0.25, -0.2) is 0 Å². The first-order chi connectivity index (χ1) is 10.8. The number of hydrogen-bond donors (Lipinski definition) is 1. The fraction of sp³-hybridized carbons (Fsp3) is 0.353. The molecule has 1 aromatic carbocycles.